The molecule has 2 N–H and O–H groups in total. The monoisotopic (exact) mass is 248 g/mol. The Balaban J connectivity index is 2.09. The third-order valence-electron chi connectivity index (χ3n) is 2.35. The lowest BCUT2D eigenvalue weighted by Gasteiger charge is -2.15. The molecule has 1 aromatic heterocycles. The van der Waals surface area contributed by atoms with Gasteiger partial charge in [-0.2, -0.15) is 0 Å². The van der Waals surface area contributed by atoms with Crippen LogP contribution in [-0.2, 0) is 0 Å². The highest BCUT2D eigenvalue weighted by molar-refractivity contribution is 7.11. The normalized spacial score (nSPS) is 12.1. The van der Waals surface area contributed by atoms with E-state index < -0.39 is 0 Å². The van der Waals surface area contributed by atoms with E-state index in [1.807, 2.05) is 30.3 Å². The van der Waals surface area contributed by atoms with Crippen molar-refractivity contribution in [3.63, 3.8) is 0 Å². The second kappa shape index (κ2) is 5.56. The molecule has 5 heteroatoms. The van der Waals surface area contributed by atoms with Crippen LogP contribution in [0.15, 0.2) is 42.0 Å². The summed E-state index contributed by atoms with van der Waals surface area (Å²) in [6.45, 7) is -0.130. The van der Waals surface area contributed by atoms with Crippen LogP contribution in [0.2, 0.25) is 0 Å². The molecule has 1 atom stereocenters. The molecule has 0 aliphatic carbocycles. The average Bonchev–Trinajstić information content (AvgIpc) is 2.90. The molecule has 0 fully saturated rings. The van der Waals surface area contributed by atoms with E-state index in [9.17, 15) is 9.90 Å². The number of carbonyl (C=O) groups excluding carboxylic acids is 1. The van der Waals surface area contributed by atoms with Crippen LogP contribution in [0.1, 0.15) is 21.3 Å². The van der Waals surface area contributed by atoms with Crippen molar-refractivity contribution < 1.29 is 9.90 Å². The van der Waals surface area contributed by atoms with Crippen LogP contribution in [0.25, 0.3) is 0 Å². The van der Waals surface area contributed by atoms with Crippen molar-refractivity contribution in [2.45, 2.75) is 6.04 Å². The van der Waals surface area contributed by atoms with Gasteiger partial charge in [-0.1, -0.05) is 30.3 Å². The summed E-state index contributed by atoms with van der Waals surface area (Å²) in [5.74, 6) is -0.213. The van der Waals surface area contributed by atoms with E-state index >= 15 is 0 Å². The summed E-state index contributed by atoms with van der Waals surface area (Å²) < 4.78 is 0. The number of nitrogens with one attached hydrogen (secondary N) is 1. The summed E-state index contributed by atoms with van der Waals surface area (Å²) in [5, 5.41) is 12.1. The Morgan fingerprint density at radius 3 is 2.76 bits per heavy atom. The molecule has 2 rings (SSSR count). The zero-order chi connectivity index (χ0) is 12.1. The van der Waals surface area contributed by atoms with Crippen molar-refractivity contribution in [1.82, 2.24) is 10.3 Å². The number of nitrogens with zero attached hydrogens (tertiary/aromatic N) is 1. The van der Waals surface area contributed by atoms with E-state index in [0.717, 1.165) is 5.56 Å². The number of carbonyl (C=O) groups is 1. The van der Waals surface area contributed by atoms with Crippen molar-refractivity contribution in [3.8, 4) is 0 Å². The summed E-state index contributed by atoms with van der Waals surface area (Å²) in [4.78, 5) is 16.2. The first kappa shape index (κ1) is 11.8. The average molecular weight is 248 g/mol. The number of thiazole rings is 1. The van der Waals surface area contributed by atoms with Crippen LogP contribution in [0.3, 0.4) is 0 Å². The molecular formula is C12H12N2O2S. The summed E-state index contributed by atoms with van der Waals surface area (Å²) >= 11 is 1.27. The number of aromatic nitrogens is 1. The topological polar surface area (TPSA) is 62.2 Å². The van der Waals surface area contributed by atoms with Crippen LogP contribution in [0, 0.1) is 0 Å². The highest BCUT2D eigenvalue weighted by atomic mass is 32.1. The first-order valence-electron chi connectivity index (χ1n) is 5.16. The summed E-state index contributed by atoms with van der Waals surface area (Å²) in [6, 6.07) is 8.99. The van der Waals surface area contributed by atoms with Gasteiger partial charge in [0, 0.05) is 0 Å². The standard InChI is InChI=1S/C12H12N2O2S/c15-7-10(9-4-2-1-3-5-9)14-12(16)11-6-13-8-17-11/h1-6,8,10,15H,7H2,(H,14,16)/t10-/m0/s1. The first-order chi connectivity index (χ1) is 8.31. The van der Waals surface area contributed by atoms with Gasteiger partial charge in [-0.25, -0.2) is 0 Å². The molecule has 0 saturated heterocycles. The Bertz CT molecular complexity index is 471. The van der Waals surface area contributed by atoms with E-state index in [-0.39, 0.29) is 18.6 Å². The number of aliphatic hydroxyl groups is 1. The minimum Gasteiger partial charge on any atom is -0.394 e. The second-order valence-corrected chi connectivity index (χ2v) is 4.37. The fourth-order valence-electron chi connectivity index (χ4n) is 1.48. The maximum Gasteiger partial charge on any atom is 0.263 e. The van der Waals surface area contributed by atoms with Crippen molar-refractivity contribution in [1.29, 1.82) is 0 Å². The van der Waals surface area contributed by atoms with E-state index in [2.05, 4.69) is 10.3 Å². The SMILES string of the molecule is O=C(N[C@@H](CO)c1ccccc1)c1cncs1. The van der Waals surface area contributed by atoms with Crippen molar-refractivity contribution >= 4 is 17.2 Å². The minimum atomic E-state index is -0.384. The maximum absolute atomic E-state index is 11.8. The van der Waals surface area contributed by atoms with Crippen molar-refractivity contribution in [2.24, 2.45) is 0 Å². The lowest BCUT2D eigenvalue weighted by atomic mass is 10.1. The van der Waals surface area contributed by atoms with Crippen LogP contribution < -0.4 is 5.32 Å². The van der Waals surface area contributed by atoms with Gasteiger partial charge in [-0.05, 0) is 5.56 Å². The number of amides is 1. The van der Waals surface area contributed by atoms with Gasteiger partial charge >= 0.3 is 0 Å². The maximum atomic E-state index is 11.8. The molecule has 0 unspecified atom stereocenters. The first-order valence-corrected chi connectivity index (χ1v) is 6.04. The molecule has 0 radical (unpaired) electrons. The van der Waals surface area contributed by atoms with E-state index in [1.54, 1.807) is 5.51 Å². The molecule has 1 amide bonds. The molecule has 0 saturated carbocycles. The fourth-order valence-corrected chi connectivity index (χ4v) is 2.00. The number of hydrogen-bond donors (Lipinski definition) is 2. The predicted octanol–water partition coefficient (Wildman–Crippen LogP) is 1.61. The molecule has 1 heterocycles. The predicted molar refractivity (Wildman–Crippen MR) is 65.8 cm³/mol. The molecule has 0 aliphatic heterocycles. The Hall–Kier alpha value is -1.72. The lowest BCUT2D eigenvalue weighted by Crippen LogP contribution is -2.30. The molecule has 4 nitrogen and oxygen atoms in total. The Morgan fingerprint density at radius 1 is 1.41 bits per heavy atom. The van der Waals surface area contributed by atoms with Gasteiger partial charge in [0.15, 0.2) is 0 Å². The molecular weight excluding hydrogens is 236 g/mol. The number of aliphatic hydroxyl groups excluding tert-OH is 1. The quantitative estimate of drug-likeness (QED) is 0.864. The Labute approximate surface area is 103 Å². The smallest absolute Gasteiger partial charge is 0.263 e. The molecule has 0 aliphatic rings. The van der Waals surface area contributed by atoms with Crippen LogP contribution >= 0.6 is 11.3 Å². The highest BCUT2D eigenvalue weighted by Gasteiger charge is 2.15. The van der Waals surface area contributed by atoms with Crippen LogP contribution in [0.4, 0.5) is 0 Å². The Morgan fingerprint density at radius 2 is 2.18 bits per heavy atom. The van der Waals surface area contributed by atoms with Gasteiger partial charge < -0.3 is 10.4 Å². The molecule has 0 bridgehead atoms. The molecule has 2 aromatic rings. The van der Waals surface area contributed by atoms with Gasteiger partial charge in [0.1, 0.15) is 4.88 Å². The summed E-state index contributed by atoms with van der Waals surface area (Å²) in [7, 11) is 0. The van der Waals surface area contributed by atoms with Gasteiger partial charge in [0.25, 0.3) is 5.91 Å². The number of benzene rings is 1. The zero-order valence-electron chi connectivity index (χ0n) is 9.04. The van der Waals surface area contributed by atoms with Gasteiger partial charge in [-0.15, -0.1) is 11.3 Å². The fraction of sp³-hybridized carbons (Fsp3) is 0.167. The molecule has 17 heavy (non-hydrogen) atoms. The van der Waals surface area contributed by atoms with Crippen LogP contribution in [-0.4, -0.2) is 22.6 Å². The molecule has 1 aromatic carbocycles. The van der Waals surface area contributed by atoms with Gasteiger partial charge in [-0.3, -0.25) is 9.78 Å². The lowest BCUT2D eigenvalue weighted by molar-refractivity contribution is 0.0920. The van der Waals surface area contributed by atoms with Gasteiger partial charge in [0.2, 0.25) is 0 Å². The highest BCUT2D eigenvalue weighted by Crippen LogP contribution is 2.13. The second-order valence-electron chi connectivity index (χ2n) is 3.48. The van der Waals surface area contributed by atoms with E-state index in [1.165, 1.54) is 17.5 Å². The molecule has 0 spiro atoms. The number of hydrogen-bond acceptors (Lipinski definition) is 4. The van der Waals surface area contributed by atoms with Crippen molar-refractivity contribution in [3.05, 3.63) is 52.5 Å². The Kier molecular flexibility index (Phi) is 3.85. The minimum absolute atomic E-state index is 0.130. The van der Waals surface area contributed by atoms with Gasteiger partial charge in [0.05, 0.1) is 24.4 Å². The van der Waals surface area contributed by atoms with E-state index in [0.29, 0.717) is 4.88 Å². The summed E-state index contributed by atoms with van der Waals surface area (Å²) in [6.07, 6.45) is 1.51. The van der Waals surface area contributed by atoms with Crippen LogP contribution in [0.5, 0.6) is 0 Å². The largest absolute Gasteiger partial charge is 0.394 e. The summed E-state index contributed by atoms with van der Waals surface area (Å²) in [5.41, 5.74) is 2.48. The third-order valence-corrected chi connectivity index (χ3v) is 3.12. The zero-order valence-corrected chi connectivity index (χ0v) is 9.85. The van der Waals surface area contributed by atoms with E-state index in [4.69, 9.17) is 0 Å². The third kappa shape index (κ3) is 2.89. The van der Waals surface area contributed by atoms with Crippen molar-refractivity contribution in [2.75, 3.05) is 6.61 Å². The molecule has 88 valence electrons. The number of rotatable bonds is 4.